The third kappa shape index (κ3) is 14.5. The monoisotopic (exact) mass is 586 g/mol. The number of benzene rings is 2. The Hall–Kier alpha value is -5.57. The average Bonchev–Trinajstić information content (AvgIpc) is 2.92. The first-order valence-corrected chi connectivity index (χ1v) is 12.1. The summed E-state index contributed by atoms with van der Waals surface area (Å²) in [5.41, 5.74) is 1.78. The number of hydrogen-bond acceptors (Lipinski definition) is 9. The number of anilines is 2. The minimum Gasteiger partial charge on any atom is -0.478 e. The van der Waals surface area contributed by atoms with Crippen LogP contribution in [0.1, 0.15) is 6.92 Å². The third-order valence-corrected chi connectivity index (χ3v) is 5.27. The van der Waals surface area contributed by atoms with Gasteiger partial charge in [0.2, 0.25) is 5.91 Å². The highest BCUT2D eigenvalue weighted by molar-refractivity contribution is 5.92. The van der Waals surface area contributed by atoms with Gasteiger partial charge in [-0.05, 0) is 31.2 Å². The van der Waals surface area contributed by atoms with Gasteiger partial charge in [-0.3, -0.25) is 19.8 Å². The molecule has 0 radical (unpaired) electrons. The van der Waals surface area contributed by atoms with Crippen LogP contribution in [0.3, 0.4) is 0 Å². The summed E-state index contributed by atoms with van der Waals surface area (Å²) in [4.78, 5) is 65.2. The Kier molecular flexibility index (Phi) is 14.7. The highest BCUT2D eigenvalue weighted by Crippen LogP contribution is 2.20. The van der Waals surface area contributed by atoms with Gasteiger partial charge in [-0.25, -0.2) is 19.2 Å². The van der Waals surface area contributed by atoms with E-state index in [1.807, 2.05) is 18.2 Å². The van der Waals surface area contributed by atoms with Crippen molar-refractivity contribution in [2.75, 3.05) is 36.4 Å². The molecule has 224 valence electrons. The number of carbonyl (C=O) groups is 5. The second kappa shape index (κ2) is 17.9. The van der Waals surface area contributed by atoms with E-state index in [0.717, 1.165) is 19.6 Å². The van der Waals surface area contributed by atoms with Crippen LogP contribution in [0.2, 0.25) is 0 Å². The Morgan fingerprint density at radius 2 is 1.31 bits per heavy atom. The van der Waals surface area contributed by atoms with Gasteiger partial charge in [-0.1, -0.05) is 18.2 Å². The van der Waals surface area contributed by atoms with Crippen LogP contribution in [0.25, 0.3) is 0 Å². The lowest BCUT2D eigenvalue weighted by Crippen LogP contribution is -2.53. The van der Waals surface area contributed by atoms with Gasteiger partial charge in [-0.15, -0.1) is 0 Å². The summed E-state index contributed by atoms with van der Waals surface area (Å²) in [5, 5.41) is 44.7. The van der Waals surface area contributed by atoms with Crippen molar-refractivity contribution in [1.29, 1.82) is 0 Å². The Balaban J connectivity index is 0.000000454. The van der Waals surface area contributed by atoms with Gasteiger partial charge in [0.05, 0.1) is 11.5 Å². The zero-order chi connectivity index (χ0) is 31.7. The number of carboxylic acids is 4. The van der Waals surface area contributed by atoms with Gasteiger partial charge in [0.15, 0.2) is 0 Å². The first kappa shape index (κ1) is 34.5. The summed E-state index contributed by atoms with van der Waals surface area (Å²) >= 11 is 0. The molecule has 1 amide bonds. The van der Waals surface area contributed by atoms with Crippen molar-refractivity contribution in [2.45, 2.75) is 13.0 Å². The molecule has 1 heterocycles. The number of rotatable bonds is 9. The molecule has 1 atom stereocenters. The molecular weight excluding hydrogens is 556 g/mol. The second-order valence-electron chi connectivity index (χ2n) is 8.48. The van der Waals surface area contributed by atoms with Crippen molar-refractivity contribution in [3.63, 3.8) is 0 Å². The molecule has 1 aliphatic heterocycles. The Morgan fingerprint density at radius 1 is 0.833 bits per heavy atom. The van der Waals surface area contributed by atoms with Gasteiger partial charge < -0.3 is 30.6 Å². The van der Waals surface area contributed by atoms with Crippen LogP contribution in [0, 0.1) is 10.1 Å². The van der Waals surface area contributed by atoms with Crippen molar-refractivity contribution in [2.24, 2.45) is 0 Å². The summed E-state index contributed by atoms with van der Waals surface area (Å²) in [5.74, 6) is -5.14. The van der Waals surface area contributed by atoms with Crippen molar-refractivity contribution in [3.8, 4) is 0 Å². The van der Waals surface area contributed by atoms with Crippen LogP contribution in [0.15, 0.2) is 78.9 Å². The number of nitro benzene ring substituents is 1. The van der Waals surface area contributed by atoms with Gasteiger partial charge >= 0.3 is 23.9 Å². The predicted molar refractivity (Wildman–Crippen MR) is 150 cm³/mol. The number of amides is 1. The van der Waals surface area contributed by atoms with Gasteiger partial charge in [-0.2, -0.15) is 0 Å². The number of non-ortho nitro benzene ring substituents is 1. The molecular formula is C27H30N4O11. The zero-order valence-electron chi connectivity index (χ0n) is 22.4. The molecule has 0 saturated carbocycles. The van der Waals surface area contributed by atoms with Gasteiger partial charge in [0, 0.05) is 73.5 Å². The molecule has 2 aromatic carbocycles. The molecule has 3 rings (SSSR count). The molecule has 1 aliphatic rings. The van der Waals surface area contributed by atoms with E-state index in [9.17, 15) is 34.1 Å². The summed E-state index contributed by atoms with van der Waals surface area (Å²) in [6.45, 7) is 4.96. The number of carbonyl (C=O) groups excluding carboxylic acids is 1. The highest BCUT2D eigenvalue weighted by Gasteiger charge is 2.25. The van der Waals surface area contributed by atoms with Crippen LogP contribution in [-0.2, 0) is 24.0 Å². The molecule has 0 aliphatic carbocycles. The Labute approximate surface area is 239 Å². The number of aliphatic carboxylic acids is 4. The summed E-state index contributed by atoms with van der Waals surface area (Å²) in [6.07, 6.45) is 2.23. The first-order valence-electron chi connectivity index (χ1n) is 12.1. The van der Waals surface area contributed by atoms with E-state index in [1.165, 1.54) is 17.8 Å². The topological polar surface area (TPSA) is 228 Å². The summed E-state index contributed by atoms with van der Waals surface area (Å²) in [6, 6.07) is 16.5. The molecule has 1 unspecified atom stereocenters. The van der Waals surface area contributed by atoms with Crippen LogP contribution in [-0.4, -0.2) is 92.3 Å². The largest absolute Gasteiger partial charge is 0.478 e. The van der Waals surface area contributed by atoms with Crippen LogP contribution in [0.4, 0.5) is 17.1 Å². The number of para-hydroxylation sites is 1. The Bertz CT molecular complexity index is 1230. The van der Waals surface area contributed by atoms with E-state index in [4.69, 9.17) is 20.4 Å². The maximum atomic E-state index is 12.3. The number of nitrogens with zero attached hydrogens (tertiary/aromatic N) is 3. The maximum absolute atomic E-state index is 12.3. The van der Waals surface area contributed by atoms with Crippen LogP contribution < -0.4 is 10.2 Å². The molecule has 2 aromatic rings. The van der Waals surface area contributed by atoms with E-state index in [-0.39, 0.29) is 11.6 Å². The Morgan fingerprint density at radius 3 is 1.71 bits per heavy atom. The van der Waals surface area contributed by atoms with Gasteiger partial charge in [0.1, 0.15) is 0 Å². The summed E-state index contributed by atoms with van der Waals surface area (Å²) < 4.78 is 0. The molecule has 15 heteroatoms. The number of nitro groups is 1. The van der Waals surface area contributed by atoms with Crippen molar-refractivity contribution >= 4 is 46.8 Å². The van der Waals surface area contributed by atoms with E-state index in [2.05, 4.69) is 34.2 Å². The molecule has 0 aromatic heterocycles. The number of carboxylic acid groups (broad SMARTS) is 4. The lowest BCUT2D eigenvalue weighted by atomic mass is 10.1. The molecule has 0 spiro atoms. The second-order valence-corrected chi connectivity index (χ2v) is 8.48. The van der Waals surface area contributed by atoms with Crippen molar-refractivity contribution in [3.05, 3.63) is 89.0 Å². The number of piperazine rings is 1. The lowest BCUT2D eigenvalue weighted by molar-refractivity contribution is -0.384. The number of nitrogens with one attached hydrogen (secondary N) is 1. The van der Waals surface area contributed by atoms with Crippen molar-refractivity contribution < 1.29 is 49.3 Å². The normalized spacial score (nSPS) is 14.6. The summed E-state index contributed by atoms with van der Waals surface area (Å²) in [7, 11) is 0. The quantitative estimate of drug-likeness (QED) is 0.161. The fourth-order valence-corrected chi connectivity index (χ4v) is 3.53. The standard InChI is InChI=1S/C19H22N4O3.2C4H4O4/c1-15-13-21(11-12-22(15)17-5-3-2-4-6-17)14-19(24)20-16-7-9-18(10-8-16)23(25)26;2*5-3(6)1-2-4(7)8/h2-10,15H,11-14H2,1H3,(H,20,24);2*1-2H,(H,5,6)(H,7,8)/b;2*2-1+. The smallest absolute Gasteiger partial charge is 0.328 e. The molecule has 42 heavy (non-hydrogen) atoms. The first-order chi connectivity index (χ1) is 19.8. The zero-order valence-corrected chi connectivity index (χ0v) is 22.4. The lowest BCUT2D eigenvalue weighted by Gasteiger charge is -2.41. The van der Waals surface area contributed by atoms with Crippen LogP contribution in [0.5, 0.6) is 0 Å². The average molecular weight is 587 g/mol. The molecule has 1 fully saturated rings. The van der Waals surface area contributed by atoms with E-state index < -0.39 is 28.8 Å². The number of hydrogen-bond donors (Lipinski definition) is 5. The van der Waals surface area contributed by atoms with E-state index in [0.29, 0.717) is 42.6 Å². The fraction of sp³-hybridized carbons (Fsp3) is 0.222. The molecule has 1 saturated heterocycles. The highest BCUT2D eigenvalue weighted by atomic mass is 16.6. The fourth-order valence-electron chi connectivity index (χ4n) is 3.53. The van der Waals surface area contributed by atoms with E-state index in [1.54, 1.807) is 12.1 Å². The minimum atomic E-state index is -1.26. The van der Waals surface area contributed by atoms with Crippen molar-refractivity contribution in [1.82, 2.24) is 4.90 Å². The SMILES string of the molecule is CC1CN(CC(=O)Nc2ccc([N+](=O)[O-])cc2)CCN1c1ccccc1.O=C(O)/C=C/C(=O)O.O=C(O)/C=C/C(=O)O. The third-order valence-electron chi connectivity index (χ3n) is 5.27. The minimum absolute atomic E-state index is 0.00820. The predicted octanol–water partition coefficient (Wildman–Crippen LogP) is 2.17. The molecule has 15 nitrogen and oxygen atoms in total. The molecule has 5 N–H and O–H groups in total. The van der Waals surface area contributed by atoms with Gasteiger partial charge in [0.25, 0.3) is 5.69 Å². The maximum Gasteiger partial charge on any atom is 0.328 e. The van der Waals surface area contributed by atoms with E-state index >= 15 is 0 Å². The van der Waals surface area contributed by atoms with Crippen LogP contribution >= 0.6 is 0 Å². The molecule has 0 bridgehead atoms.